The van der Waals surface area contributed by atoms with Crippen LogP contribution in [0.1, 0.15) is 23.6 Å². The topological polar surface area (TPSA) is 93.9 Å². The van der Waals surface area contributed by atoms with Crippen LogP contribution in [0, 0.1) is 5.92 Å². The Morgan fingerprint density at radius 1 is 0.949 bits per heavy atom. The highest BCUT2D eigenvalue weighted by molar-refractivity contribution is 5.88. The minimum Gasteiger partial charge on any atom is -0.496 e. The predicted octanol–water partition coefficient (Wildman–Crippen LogP) is 5.35. The molecule has 0 heterocycles. The summed E-state index contributed by atoms with van der Waals surface area (Å²) in [5, 5.41) is 2.74. The molecule has 4 rings (SSSR count). The van der Waals surface area contributed by atoms with Crippen LogP contribution in [-0.4, -0.2) is 23.8 Å². The van der Waals surface area contributed by atoms with E-state index in [-0.39, 0.29) is 18.4 Å². The zero-order valence-electron chi connectivity index (χ0n) is 22.2. The Labute approximate surface area is 229 Å². The molecule has 0 saturated heterocycles. The maximum atomic E-state index is 13.7. The van der Waals surface area contributed by atoms with Gasteiger partial charge in [0.15, 0.2) is 0 Å². The summed E-state index contributed by atoms with van der Waals surface area (Å²) in [5.74, 6) is 0.745. The average Bonchev–Trinajstić information content (AvgIpc) is 3.16. The van der Waals surface area contributed by atoms with Gasteiger partial charge in [0, 0.05) is 37.0 Å². The average molecular weight is 524 g/mol. The number of nitrogens with one attached hydrogen (secondary N) is 1. The van der Waals surface area contributed by atoms with Crippen molar-refractivity contribution in [2.75, 3.05) is 12.4 Å². The number of carbonyl (C=O) groups is 2. The molecule has 39 heavy (non-hydrogen) atoms. The molecule has 3 aromatic rings. The van der Waals surface area contributed by atoms with Crippen LogP contribution in [0.2, 0.25) is 0 Å². The van der Waals surface area contributed by atoms with E-state index >= 15 is 0 Å². The molecular formula is C32H33N3O4. The van der Waals surface area contributed by atoms with E-state index in [1.165, 1.54) is 6.92 Å². The maximum absolute atomic E-state index is 13.7. The molecule has 200 valence electrons. The Morgan fingerprint density at radius 3 is 2.41 bits per heavy atom. The third kappa shape index (κ3) is 7.85. The number of nitrogens with two attached hydrogens (primary N) is 1. The molecule has 0 aromatic heterocycles. The van der Waals surface area contributed by atoms with Crippen LogP contribution >= 0.6 is 0 Å². The summed E-state index contributed by atoms with van der Waals surface area (Å²) < 4.78 is 11.6. The number of nitrogens with zero attached hydrogens (tertiary/aromatic N) is 1. The number of anilines is 1. The van der Waals surface area contributed by atoms with E-state index in [0.717, 1.165) is 16.7 Å². The molecular weight excluding hydrogens is 490 g/mol. The van der Waals surface area contributed by atoms with Crippen molar-refractivity contribution in [1.82, 2.24) is 4.90 Å². The first-order valence-corrected chi connectivity index (χ1v) is 12.7. The molecule has 7 nitrogen and oxygen atoms in total. The lowest BCUT2D eigenvalue weighted by Crippen LogP contribution is -2.34. The Hall–Kier alpha value is -4.78. The van der Waals surface area contributed by atoms with Gasteiger partial charge in [-0.3, -0.25) is 9.59 Å². The fourth-order valence-electron chi connectivity index (χ4n) is 4.31. The zero-order valence-corrected chi connectivity index (χ0v) is 22.2. The van der Waals surface area contributed by atoms with Gasteiger partial charge in [-0.05, 0) is 59.7 Å². The van der Waals surface area contributed by atoms with Crippen LogP contribution in [0.5, 0.6) is 11.5 Å². The molecule has 0 radical (unpaired) electrons. The Kier molecular flexibility index (Phi) is 9.19. The summed E-state index contributed by atoms with van der Waals surface area (Å²) in [4.78, 5) is 26.8. The van der Waals surface area contributed by atoms with E-state index in [2.05, 4.69) is 5.32 Å². The number of allylic oxidation sites excluding steroid dienone is 3. The van der Waals surface area contributed by atoms with Crippen LogP contribution in [0.25, 0.3) is 0 Å². The van der Waals surface area contributed by atoms with Gasteiger partial charge in [-0.25, -0.2) is 0 Å². The molecule has 1 aliphatic rings. The number of methoxy groups -OCH3 is 1. The number of hydrogen-bond donors (Lipinski definition) is 2. The van der Waals surface area contributed by atoms with Crippen LogP contribution in [-0.2, 0) is 29.3 Å². The SMILES string of the molecule is COc1ccc(CN(Cc2ccccc2)C(=O)C2C=CC=CC(N)=C2)cc1COc1ccc(NC(C)=O)cc1. The van der Waals surface area contributed by atoms with E-state index in [0.29, 0.717) is 36.0 Å². The normalized spacial score (nSPS) is 14.2. The molecule has 0 bridgehead atoms. The van der Waals surface area contributed by atoms with Gasteiger partial charge in [-0.15, -0.1) is 0 Å². The summed E-state index contributed by atoms with van der Waals surface area (Å²) in [6, 6.07) is 23.0. The highest BCUT2D eigenvalue weighted by atomic mass is 16.5. The molecule has 0 spiro atoms. The maximum Gasteiger partial charge on any atom is 0.234 e. The van der Waals surface area contributed by atoms with E-state index in [9.17, 15) is 9.59 Å². The second kappa shape index (κ2) is 13.1. The van der Waals surface area contributed by atoms with E-state index in [1.807, 2.05) is 71.7 Å². The second-order valence-corrected chi connectivity index (χ2v) is 9.26. The van der Waals surface area contributed by atoms with Crippen molar-refractivity contribution in [2.45, 2.75) is 26.6 Å². The van der Waals surface area contributed by atoms with Gasteiger partial charge in [-0.1, -0.05) is 54.6 Å². The van der Waals surface area contributed by atoms with Crippen LogP contribution in [0.3, 0.4) is 0 Å². The first-order valence-electron chi connectivity index (χ1n) is 12.7. The molecule has 0 saturated carbocycles. The Balaban J connectivity index is 1.53. The van der Waals surface area contributed by atoms with Gasteiger partial charge < -0.3 is 25.4 Å². The number of benzene rings is 3. The van der Waals surface area contributed by atoms with Crippen molar-refractivity contribution in [3.05, 3.63) is 126 Å². The lowest BCUT2D eigenvalue weighted by atomic mass is 10.0. The Morgan fingerprint density at radius 2 is 1.69 bits per heavy atom. The van der Waals surface area contributed by atoms with Crippen molar-refractivity contribution < 1.29 is 19.1 Å². The highest BCUT2D eigenvalue weighted by Gasteiger charge is 2.22. The largest absolute Gasteiger partial charge is 0.496 e. The molecule has 3 N–H and O–H groups in total. The number of amides is 2. The number of carbonyl (C=O) groups excluding carboxylic acids is 2. The van der Waals surface area contributed by atoms with Crippen molar-refractivity contribution in [1.29, 1.82) is 0 Å². The summed E-state index contributed by atoms with van der Waals surface area (Å²) in [6.45, 7) is 2.61. The molecule has 1 atom stereocenters. The summed E-state index contributed by atoms with van der Waals surface area (Å²) in [5.41, 5.74) is 10.2. The van der Waals surface area contributed by atoms with E-state index in [4.69, 9.17) is 15.2 Å². The lowest BCUT2D eigenvalue weighted by molar-refractivity contribution is -0.134. The zero-order chi connectivity index (χ0) is 27.6. The monoisotopic (exact) mass is 523 g/mol. The summed E-state index contributed by atoms with van der Waals surface area (Å²) >= 11 is 0. The van der Waals surface area contributed by atoms with Gasteiger partial charge in [0.05, 0.1) is 13.0 Å². The summed E-state index contributed by atoms with van der Waals surface area (Å²) in [7, 11) is 1.62. The van der Waals surface area contributed by atoms with E-state index < -0.39 is 5.92 Å². The smallest absolute Gasteiger partial charge is 0.234 e. The van der Waals surface area contributed by atoms with Crippen molar-refractivity contribution in [2.24, 2.45) is 11.7 Å². The molecule has 1 unspecified atom stereocenters. The van der Waals surface area contributed by atoms with Gasteiger partial charge in [0.1, 0.15) is 18.1 Å². The molecule has 7 heteroatoms. The standard InChI is InChI=1S/C32H33N3O4/c1-23(36)34-29-13-15-30(16-14-29)39-22-27-18-25(12-17-31(27)38-2)21-35(20-24-8-4-3-5-9-24)32(37)26-10-6-7-11-28(33)19-26/h3-19,26H,20-22,33H2,1-2H3,(H,34,36). The molecule has 3 aromatic carbocycles. The molecule has 0 fully saturated rings. The van der Waals surface area contributed by atoms with Crippen LogP contribution < -0.4 is 20.5 Å². The van der Waals surface area contributed by atoms with Crippen LogP contribution in [0.4, 0.5) is 5.69 Å². The predicted molar refractivity (Wildman–Crippen MR) is 153 cm³/mol. The fourth-order valence-corrected chi connectivity index (χ4v) is 4.31. The van der Waals surface area contributed by atoms with Gasteiger partial charge in [-0.2, -0.15) is 0 Å². The number of hydrogen-bond acceptors (Lipinski definition) is 5. The third-order valence-electron chi connectivity index (χ3n) is 6.19. The molecule has 2 amide bonds. The van der Waals surface area contributed by atoms with Crippen molar-refractivity contribution in [3.8, 4) is 11.5 Å². The minimum absolute atomic E-state index is 0.0327. The fraction of sp³-hybridized carbons (Fsp3) is 0.188. The minimum atomic E-state index is -0.453. The van der Waals surface area contributed by atoms with Crippen molar-refractivity contribution >= 4 is 17.5 Å². The first kappa shape index (κ1) is 27.3. The van der Waals surface area contributed by atoms with Gasteiger partial charge >= 0.3 is 0 Å². The quantitative estimate of drug-likeness (QED) is 0.374. The van der Waals surface area contributed by atoms with Gasteiger partial charge in [0.25, 0.3) is 0 Å². The summed E-state index contributed by atoms with van der Waals surface area (Å²) in [6.07, 6.45) is 9.12. The molecule has 0 aliphatic heterocycles. The number of ether oxygens (including phenoxy) is 2. The lowest BCUT2D eigenvalue weighted by Gasteiger charge is -2.26. The molecule has 1 aliphatic carbocycles. The Bertz CT molecular complexity index is 1380. The van der Waals surface area contributed by atoms with Crippen LogP contribution in [0.15, 0.2) is 109 Å². The highest BCUT2D eigenvalue weighted by Crippen LogP contribution is 2.25. The third-order valence-corrected chi connectivity index (χ3v) is 6.19. The van der Waals surface area contributed by atoms with Crippen molar-refractivity contribution in [3.63, 3.8) is 0 Å². The first-order chi connectivity index (χ1) is 18.9. The van der Waals surface area contributed by atoms with E-state index in [1.54, 1.807) is 43.5 Å². The second-order valence-electron chi connectivity index (χ2n) is 9.26. The van der Waals surface area contributed by atoms with Gasteiger partial charge in [0.2, 0.25) is 11.8 Å². The number of rotatable bonds is 10.